The molecule has 0 aromatic heterocycles. The number of benzene rings is 1. The van der Waals surface area contributed by atoms with Crippen molar-refractivity contribution in [3.8, 4) is 0 Å². The van der Waals surface area contributed by atoms with Crippen LogP contribution >= 0.6 is 0 Å². The third-order valence-corrected chi connectivity index (χ3v) is 2.54. The number of rotatable bonds is 2. The minimum Gasteiger partial charge on any atom is -0.369 e. The third-order valence-electron chi connectivity index (χ3n) is 2.54. The summed E-state index contributed by atoms with van der Waals surface area (Å²) >= 11 is 0. The molecule has 1 aliphatic heterocycles. The summed E-state index contributed by atoms with van der Waals surface area (Å²) in [6.07, 6.45) is 0. The van der Waals surface area contributed by atoms with Crippen molar-refractivity contribution in [1.29, 1.82) is 0 Å². The molecular weight excluding hydrogens is 194 g/mol. The van der Waals surface area contributed by atoms with Gasteiger partial charge in [-0.25, -0.2) is 0 Å². The number of hydrogen-bond acceptors (Lipinski definition) is 5. The average Bonchev–Trinajstić information content (AvgIpc) is 2.30. The maximum atomic E-state index is 8.90. The zero-order chi connectivity index (χ0) is 10.7. The van der Waals surface area contributed by atoms with E-state index >= 15 is 0 Å². The van der Waals surface area contributed by atoms with Gasteiger partial charge in [0.15, 0.2) is 0 Å². The van der Waals surface area contributed by atoms with Crippen LogP contribution in [0.4, 0.5) is 11.4 Å². The van der Waals surface area contributed by atoms with Gasteiger partial charge in [0.05, 0.1) is 5.69 Å². The Morgan fingerprint density at radius 2 is 1.93 bits per heavy atom. The van der Waals surface area contributed by atoms with Crippen molar-refractivity contribution >= 4 is 11.4 Å². The topological polar surface area (TPSA) is 59.0 Å². The summed E-state index contributed by atoms with van der Waals surface area (Å²) in [5, 5.41) is 21.2. The Morgan fingerprint density at radius 3 is 2.60 bits per heavy atom. The van der Waals surface area contributed by atoms with Crippen LogP contribution in [0.5, 0.6) is 0 Å². The molecule has 1 fully saturated rings. The van der Waals surface area contributed by atoms with Crippen LogP contribution in [0.3, 0.4) is 0 Å². The number of hydrogen-bond donors (Lipinski definition) is 3. The molecule has 0 radical (unpaired) electrons. The third kappa shape index (κ3) is 2.38. The zero-order valence-corrected chi connectivity index (χ0v) is 8.43. The first-order valence-electron chi connectivity index (χ1n) is 5.01. The summed E-state index contributed by atoms with van der Waals surface area (Å²) in [6.45, 7) is 3.82. The molecule has 2 rings (SSSR count). The second kappa shape index (κ2) is 4.48. The van der Waals surface area contributed by atoms with Gasteiger partial charge < -0.3 is 10.2 Å². The Morgan fingerprint density at radius 1 is 1.20 bits per heavy atom. The van der Waals surface area contributed by atoms with E-state index in [4.69, 9.17) is 10.4 Å². The Hall–Kier alpha value is -1.30. The van der Waals surface area contributed by atoms with Crippen molar-refractivity contribution in [3.63, 3.8) is 0 Å². The van der Waals surface area contributed by atoms with Crippen LogP contribution in [0, 0.1) is 0 Å². The van der Waals surface area contributed by atoms with Gasteiger partial charge in [0, 0.05) is 31.9 Å². The highest BCUT2D eigenvalue weighted by atomic mass is 16.8. The van der Waals surface area contributed by atoms with E-state index in [1.807, 2.05) is 12.1 Å². The van der Waals surface area contributed by atoms with Gasteiger partial charge in [-0.05, 0) is 18.2 Å². The van der Waals surface area contributed by atoms with Crippen molar-refractivity contribution in [2.24, 2.45) is 0 Å². The first-order chi connectivity index (χ1) is 7.27. The van der Waals surface area contributed by atoms with E-state index in [1.54, 1.807) is 12.1 Å². The number of nitrogens with zero attached hydrogens (tertiary/aromatic N) is 2. The van der Waals surface area contributed by atoms with E-state index in [0.717, 1.165) is 31.9 Å². The molecule has 0 spiro atoms. The Labute approximate surface area is 88.5 Å². The largest absolute Gasteiger partial charge is 0.369 e. The van der Waals surface area contributed by atoms with Crippen LogP contribution in [0.25, 0.3) is 0 Å². The summed E-state index contributed by atoms with van der Waals surface area (Å²) in [7, 11) is 0. The fraction of sp³-hybridized carbons (Fsp3) is 0.400. The molecule has 5 heteroatoms. The summed E-state index contributed by atoms with van der Waals surface area (Å²) in [6, 6.07) is 7.18. The molecule has 3 N–H and O–H groups in total. The molecule has 0 unspecified atom stereocenters. The second-order valence-corrected chi connectivity index (χ2v) is 3.55. The Bertz CT molecular complexity index is 324. The van der Waals surface area contributed by atoms with Crippen molar-refractivity contribution < 1.29 is 10.4 Å². The minimum atomic E-state index is 0.145. The highest BCUT2D eigenvalue weighted by Gasteiger charge is 2.11. The molecule has 0 saturated carbocycles. The van der Waals surface area contributed by atoms with Crippen LogP contribution in [-0.2, 0) is 0 Å². The number of nitrogens with one attached hydrogen (secondary N) is 1. The molecule has 1 heterocycles. The van der Waals surface area contributed by atoms with E-state index < -0.39 is 0 Å². The molecule has 1 saturated heterocycles. The predicted molar refractivity (Wildman–Crippen MR) is 57.6 cm³/mol. The molecule has 0 atom stereocenters. The van der Waals surface area contributed by atoms with Crippen LogP contribution in [0.15, 0.2) is 24.3 Å². The maximum Gasteiger partial charge on any atom is 0.0963 e. The predicted octanol–water partition coefficient (Wildman–Crippen LogP) is 0.681. The second-order valence-electron chi connectivity index (χ2n) is 3.55. The first kappa shape index (κ1) is 10.2. The summed E-state index contributed by atoms with van der Waals surface area (Å²) < 4.78 is 0. The summed E-state index contributed by atoms with van der Waals surface area (Å²) in [5.74, 6) is 0. The highest BCUT2D eigenvalue weighted by molar-refractivity contribution is 5.57. The summed E-state index contributed by atoms with van der Waals surface area (Å²) in [4.78, 5) is 2.21. The molecule has 15 heavy (non-hydrogen) atoms. The van der Waals surface area contributed by atoms with E-state index in [-0.39, 0.29) is 5.23 Å². The van der Waals surface area contributed by atoms with Gasteiger partial charge in [0.25, 0.3) is 0 Å². The van der Waals surface area contributed by atoms with E-state index in [2.05, 4.69) is 10.2 Å². The smallest absolute Gasteiger partial charge is 0.0963 e. The maximum absolute atomic E-state index is 8.90. The highest BCUT2D eigenvalue weighted by Crippen LogP contribution is 2.21. The molecule has 82 valence electrons. The van der Waals surface area contributed by atoms with Gasteiger partial charge in [-0.1, -0.05) is 6.07 Å². The van der Waals surface area contributed by atoms with Crippen molar-refractivity contribution in [3.05, 3.63) is 24.3 Å². The molecule has 1 aliphatic rings. The lowest BCUT2D eigenvalue weighted by molar-refractivity contribution is 0.0292. The summed E-state index contributed by atoms with van der Waals surface area (Å²) in [5.41, 5.74) is 1.40. The first-order valence-corrected chi connectivity index (χ1v) is 5.01. The van der Waals surface area contributed by atoms with Crippen molar-refractivity contribution in [2.45, 2.75) is 0 Å². The molecule has 1 aromatic rings. The van der Waals surface area contributed by atoms with Crippen molar-refractivity contribution in [2.75, 3.05) is 36.3 Å². The SMILES string of the molecule is ON(O)c1cccc(N2CCNCC2)c1. The molecule has 0 bridgehead atoms. The normalized spacial score (nSPS) is 16.5. The van der Waals surface area contributed by atoms with Gasteiger partial charge in [-0.2, -0.15) is 0 Å². The van der Waals surface area contributed by atoms with Gasteiger partial charge in [0.2, 0.25) is 0 Å². The monoisotopic (exact) mass is 209 g/mol. The number of anilines is 2. The van der Waals surface area contributed by atoms with Gasteiger partial charge >= 0.3 is 0 Å². The van der Waals surface area contributed by atoms with E-state index in [1.165, 1.54) is 0 Å². The molecular formula is C10H15N3O2. The van der Waals surface area contributed by atoms with Crippen LogP contribution in [0.1, 0.15) is 0 Å². The minimum absolute atomic E-state index is 0.145. The standard InChI is InChI=1S/C10H15N3O2/c14-13(15)10-3-1-2-9(8-10)12-6-4-11-5-7-12/h1-3,8,11,14-15H,4-7H2. The number of piperazine rings is 1. The van der Waals surface area contributed by atoms with Gasteiger partial charge in [0.1, 0.15) is 0 Å². The Balaban J connectivity index is 2.16. The van der Waals surface area contributed by atoms with Crippen LogP contribution in [0.2, 0.25) is 0 Å². The lowest BCUT2D eigenvalue weighted by atomic mass is 10.2. The lowest BCUT2D eigenvalue weighted by Gasteiger charge is -2.29. The fourth-order valence-electron chi connectivity index (χ4n) is 1.74. The molecule has 0 amide bonds. The van der Waals surface area contributed by atoms with Gasteiger partial charge in [-0.15, -0.1) is 5.23 Å². The molecule has 0 aliphatic carbocycles. The average molecular weight is 209 g/mol. The van der Waals surface area contributed by atoms with Crippen LogP contribution in [-0.4, -0.2) is 36.6 Å². The van der Waals surface area contributed by atoms with E-state index in [9.17, 15) is 0 Å². The van der Waals surface area contributed by atoms with Crippen molar-refractivity contribution in [1.82, 2.24) is 5.32 Å². The molecule has 1 aromatic carbocycles. The molecule has 5 nitrogen and oxygen atoms in total. The fourth-order valence-corrected chi connectivity index (χ4v) is 1.74. The van der Waals surface area contributed by atoms with E-state index in [0.29, 0.717) is 5.69 Å². The Kier molecular flexibility index (Phi) is 3.05. The lowest BCUT2D eigenvalue weighted by Crippen LogP contribution is -2.43. The van der Waals surface area contributed by atoms with Crippen LogP contribution < -0.4 is 15.4 Å². The quantitative estimate of drug-likeness (QED) is 0.625. The van der Waals surface area contributed by atoms with Gasteiger partial charge in [-0.3, -0.25) is 10.4 Å². The zero-order valence-electron chi connectivity index (χ0n) is 8.43.